The monoisotopic (exact) mass is 475 g/mol. The number of rotatable bonds is 8. The molecule has 1 aromatic heterocycles. The second-order valence-electron chi connectivity index (χ2n) is 6.87. The van der Waals surface area contributed by atoms with Crippen molar-refractivity contribution in [3.63, 3.8) is 0 Å². The molecule has 0 radical (unpaired) electrons. The first-order valence-electron chi connectivity index (χ1n) is 9.63. The average molecular weight is 476 g/mol. The number of hydrogen-bond donors (Lipinski definition) is 1. The molecule has 3 aromatic rings. The average Bonchev–Trinajstić information content (AvgIpc) is 3.43. The molecule has 2 aromatic carbocycles. The van der Waals surface area contributed by atoms with Crippen LogP contribution in [0.4, 0.5) is 10.8 Å². The SMILES string of the molecule is COc1cc(OC)cc(O[C@H]2CCN(c3ccc(S(=O)(=O)Nc4nccs4)cc3)C2=O)c1. The summed E-state index contributed by atoms with van der Waals surface area (Å²) in [7, 11) is -0.678. The molecule has 9 nitrogen and oxygen atoms in total. The Kier molecular flexibility index (Phi) is 6.19. The molecule has 1 amide bonds. The number of methoxy groups -OCH3 is 2. The van der Waals surface area contributed by atoms with Crippen molar-refractivity contribution in [2.75, 3.05) is 30.4 Å². The maximum atomic E-state index is 12.9. The number of nitrogens with one attached hydrogen (secondary N) is 1. The van der Waals surface area contributed by atoms with E-state index >= 15 is 0 Å². The van der Waals surface area contributed by atoms with Gasteiger partial charge in [-0.05, 0) is 24.3 Å². The number of carbonyl (C=O) groups excluding carboxylic acids is 1. The largest absolute Gasteiger partial charge is 0.496 e. The van der Waals surface area contributed by atoms with Crippen LogP contribution in [-0.4, -0.2) is 46.2 Å². The molecule has 1 N–H and O–H groups in total. The van der Waals surface area contributed by atoms with Gasteiger partial charge in [-0.2, -0.15) is 0 Å². The fraction of sp³-hybridized carbons (Fsp3) is 0.238. The summed E-state index contributed by atoms with van der Waals surface area (Å²) in [6.07, 6.45) is 1.34. The molecule has 1 fully saturated rings. The van der Waals surface area contributed by atoms with Gasteiger partial charge in [0.15, 0.2) is 11.2 Å². The molecular weight excluding hydrogens is 454 g/mol. The summed E-state index contributed by atoms with van der Waals surface area (Å²) in [5.41, 5.74) is 0.595. The third-order valence-corrected chi connectivity index (χ3v) is 7.04. The Labute approximate surface area is 189 Å². The van der Waals surface area contributed by atoms with Crippen molar-refractivity contribution < 1.29 is 27.4 Å². The quantitative estimate of drug-likeness (QED) is 0.533. The summed E-state index contributed by atoms with van der Waals surface area (Å²) in [5, 5.41) is 1.97. The van der Waals surface area contributed by atoms with Crippen LogP contribution in [0, 0.1) is 0 Å². The van der Waals surface area contributed by atoms with Crippen LogP contribution >= 0.6 is 11.3 Å². The van der Waals surface area contributed by atoms with Gasteiger partial charge in [-0.1, -0.05) is 0 Å². The summed E-state index contributed by atoms with van der Waals surface area (Å²) < 4.78 is 43.8. The lowest BCUT2D eigenvalue weighted by atomic mass is 10.2. The summed E-state index contributed by atoms with van der Waals surface area (Å²) in [6.45, 7) is 0.452. The molecule has 0 bridgehead atoms. The molecule has 1 saturated heterocycles. The number of carbonyl (C=O) groups is 1. The van der Waals surface area contributed by atoms with E-state index in [1.54, 1.807) is 40.6 Å². The summed E-state index contributed by atoms with van der Waals surface area (Å²) >= 11 is 1.19. The Morgan fingerprint density at radius 3 is 2.31 bits per heavy atom. The van der Waals surface area contributed by atoms with Crippen LogP contribution in [0.15, 0.2) is 58.9 Å². The third-order valence-electron chi connectivity index (χ3n) is 4.87. The first kappa shape index (κ1) is 21.9. The Morgan fingerprint density at radius 2 is 1.72 bits per heavy atom. The van der Waals surface area contributed by atoms with Gasteiger partial charge in [0.1, 0.15) is 17.2 Å². The number of benzene rings is 2. The van der Waals surface area contributed by atoms with Crippen molar-refractivity contribution in [3.8, 4) is 17.2 Å². The highest BCUT2D eigenvalue weighted by Crippen LogP contribution is 2.31. The van der Waals surface area contributed by atoms with Crippen molar-refractivity contribution in [1.29, 1.82) is 0 Å². The highest BCUT2D eigenvalue weighted by atomic mass is 32.2. The van der Waals surface area contributed by atoms with Crippen LogP contribution in [0.1, 0.15) is 6.42 Å². The van der Waals surface area contributed by atoms with E-state index in [1.165, 1.54) is 43.9 Å². The summed E-state index contributed by atoms with van der Waals surface area (Å²) in [5.74, 6) is 1.38. The van der Waals surface area contributed by atoms with E-state index in [9.17, 15) is 13.2 Å². The lowest BCUT2D eigenvalue weighted by Gasteiger charge is -2.18. The van der Waals surface area contributed by atoms with Crippen molar-refractivity contribution >= 4 is 38.1 Å². The topological polar surface area (TPSA) is 107 Å². The second kappa shape index (κ2) is 9.05. The third kappa shape index (κ3) is 4.63. The van der Waals surface area contributed by atoms with Crippen LogP contribution in [-0.2, 0) is 14.8 Å². The Morgan fingerprint density at radius 1 is 1.06 bits per heavy atom. The number of anilines is 2. The van der Waals surface area contributed by atoms with Gasteiger partial charge in [0.25, 0.3) is 15.9 Å². The Hall–Kier alpha value is -3.31. The number of amides is 1. The van der Waals surface area contributed by atoms with Gasteiger partial charge in [0.05, 0.1) is 19.1 Å². The van der Waals surface area contributed by atoms with Crippen molar-refractivity contribution in [3.05, 3.63) is 54.0 Å². The molecule has 1 atom stereocenters. The van der Waals surface area contributed by atoms with E-state index in [-0.39, 0.29) is 15.9 Å². The van der Waals surface area contributed by atoms with Gasteiger partial charge >= 0.3 is 0 Å². The first-order valence-corrected chi connectivity index (χ1v) is 12.0. The molecule has 0 saturated carbocycles. The molecular formula is C21H21N3O6S2. The van der Waals surface area contributed by atoms with Crippen LogP contribution < -0.4 is 23.8 Å². The predicted octanol–water partition coefficient (Wildman–Crippen LogP) is 3.15. The lowest BCUT2D eigenvalue weighted by molar-refractivity contribution is -0.122. The minimum Gasteiger partial charge on any atom is -0.496 e. The molecule has 32 heavy (non-hydrogen) atoms. The Bertz CT molecular complexity index is 1170. The molecule has 4 rings (SSSR count). The Balaban J connectivity index is 1.46. The number of ether oxygens (including phenoxy) is 3. The van der Waals surface area contributed by atoms with E-state index in [2.05, 4.69) is 9.71 Å². The molecule has 1 aliphatic heterocycles. The van der Waals surface area contributed by atoms with E-state index in [1.807, 2.05) is 0 Å². The smallest absolute Gasteiger partial charge is 0.268 e. The standard InChI is InChI=1S/C21H21N3O6S2/c1-28-15-11-16(29-2)13-17(12-15)30-19-7-9-24(20(19)25)14-3-5-18(6-4-14)32(26,27)23-21-22-8-10-31-21/h3-6,8,10-13,19H,7,9H2,1-2H3,(H,22,23)/t19-/m0/s1. The fourth-order valence-corrected chi connectivity index (χ4v) is 5.07. The number of hydrogen-bond acceptors (Lipinski definition) is 8. The van der Waals surface area contributed by atoms with E-state index in [0.29, 0.717) is 35.9 Å². The molecule has 1 aliphatic rings. The van der Waals surface area contributed by atoms with Gasteiger partial charge in [-0.15, -0.1) is 11.3 Å². The van der Waals surface area contributed by atoms with Gasteiger partial charge in [-0.25, -0.2) is 13.4 Å². The van der Waals surface area contributed by atoms with Crippen LogP contribution in [0.3, 0.4) is 0 Å². The van der Waals surface area contributed by atoms with Crippen LogP contribution in [0.2, 0.25) is 0 Å². The van der Waals surface area contributed by atoms with Gasteiger partial charge < -0.3 is 19.1 Å². The van der Waals surface area contributed by atoms with E-state index in [4.69, 9.17) is 14.2 Å². The number of nitrogens with zero attached hydrogens (tertiary/aromatic N) is 2. The normalized spacial score (nSPS) is 16.1. The number of aromatic nitrogens is 1. The highest BCUT2D eigenvalue weighted by molar-refractivity contribution is 7.93. The molecule has 168 valence electrons. The summed E-state index contributed by atoms with van der Waals surface area (Å²) in [4.78, 5) is 18.5. The van der Waals surface area contributed by atoms with Crippen molar-refractivity contribution in [1.82, 2.24) is 4.98 Å². The predicted molar refractivity (Wildman–Crippen MR) is 120 cm³/mol. The first-order chi connectivity index (χ1) is 15.4. The molecule has 0 aliphatic carbocycles. The zero-order chi connectivity index (χ0) is 22.7. The number of sulfonamides is 1. The molecule has 0 spiro atoms. The van der Waals surface area contributed by atoms with Gasteiger partial charge in [0.2, 0.25) is 0 Å². The molecule has 2 heterocycles. The lowest BCUT2D eigenvalue weighted by Crippen LogP contribution is -2.32. The van der Waals surface area contributed by atoms with E-state index in [0.717, 1.165) is 0 Å². The zero-order valence-corrected chi connectivity index (χ0v) is 19.0. The van der Waals surface area contributed by atoms with Crippen molar-refractivity contribution in [2.45, 2.75) is 17.4 Å². The zero-order valence-electron chi connectivity index (χ0n) is 17.3. The maximum absolute atomic E-state index is 12.9. The molecule has 11 heteroatoms. The minimum absolute atomic E-state index is 0.0828. The maximum Gasteiger partial charge on any atom is 0.268 e. The number of thiazole rings is 1. The highest BCUT2D eigenvalue weighted by Gasteiger charge is 2.34. The van der Waals surface area contributed by atoms with Gasteiger partial charge in [0, 0.05) is 48.4 Å². The summed E-state index contributed by atoms with van der Waals surface area (Å²) in [6, 6.07) is 11.2. The minimum atomic E-state index is -3.76. The van der Waals surface area contributed by atoms with Gasteiger partial charge in [-0.3, -0.25) is 9.52 Å². The van der Waals surface area contributed by atoms with Crippen LogP contribution in [0.25, 0.3) is 0 Å². The van der Waals surface area contributed by atoms with Crippen LogP contribution in [0.5, 0.6) is 17.2 Å². The molecule has 0 unspecified atom stereocenters. The fourth-order valence-electron chi connectivity index (χ4n) is 3.29. The van der Waals surface area contributed by atoms with E-state index < -0.39 is 16.1 Å². The van der Waals surface area contributed by atoms with Crippen molar-refractivity contribution in [2.24, 2.45) is 0 Å². The second-order valence-corrected chi connectivity index (χ2v) is 9.45.